The maximum absolute atomic E-state index is 11.0. The molecule has 0 bridgehead atoms. The largest absolute Gasteiger partial charge is 0.269 e. The lowest BCUT2D eigenvalue weighted by atomic mass is 9.70. The average molecular weight is 889 g/mol. The quantitative estimate of drug-likeness (QED) is 0.0262. The summed E-state index contributed by atoms with van der Waals surface area (Å²) in [7, 11) is 0. The molecular formula is C61H64N2O4. The van der Waals surface area contributed by atoms with E-state index in [0.29, 0.717) is 0 Å². The molecule has 6 aromatic rings. The Morgan fingerprint density at radius 2 is 0.612 bits per heavy atom. The molecular weight excluding hydrogens is 825 g/mol. The van der Waals surface area contributed by atoms with Crippen molar-refractivity contribution in [1.29, 1.82) is 0 Å². The number of nitrogens with zero attached hydrogens (tertiary/aromatic N) is 2. The predicted octanol–water partition coefficient (Wildman–Crippen LogP) is 18.0. The molecule has 0 fully saturated rings. The zero-order valence-electron chi connectivity index (χ0n) is 39.2. The molecule has 0 N–H and O–H groups in total. The summed E-state index contributed by atoms with van der Waals surface area (Å²) >= 11 is 0. The second-order valence-corrected chi connectivity index (χ2v) is 18.1. The summed E-state index contributed by atoms with van der Waals surface area (Å²) in [5.74, 6) is 0. The van der Waals surface area contributed by atoms with Crippen molar-refractivity contribution in [1.82, 2.24) is 0 Å². The standard InChI is InChI=1S/C61H64N2O4/c1-3-5-7-9-11-13-43-61(44-14-12-10-8-6-4-2)59-45-53(29-27-49-19-15-47(16-20-49)23-25-51-31-37-55(38-32-51)62(64)65)35-41-57(59)58-42-36-54(46-60(58)61)30-28-50-21-17-48(18-22-50)24-26-52-33-39-56(40-34-52)63(66)67/h15-42,45-46H,3-14,43-44H2,1-2H3/b25-23+,26-24+,29-27+,30-28+. The van der Waals surface area contributed by atoms with Gasteiger partial charge in [0.25, 0.3) is 11.4 Å². The molecule has 0 aliphatic heterocycles. The first kappa shape index (κ1) is 48.0. The minimum Gasteiger partial charge on any atom is -0.258 e. The molecule has 1 aliphatic rings. The number of unbranched alkanes of at least 4 members (excludes halogenated alkanes) is 10. The smallest absolute Gasteiger partial charge is 0.258 e. The molecule has 0 saturated carbocycles. The lowest BCUT2D eigenvalue weighted by molar-refractivity contribution is -0.385. The first-order valence-electron chi connectivity index (χ1n) is 24.5. The van der Waals surface area contributed by atoms with Gasteiger partial charge in [0.05, 0.1) is 9.85 Å². The number of nitro benzene ring substituents is 2. The van der Waals surface area contributed by atoms with Crippen LogP contribution >= 0.6 is 0 Å². The summed E-state index contributed by atoms with van der Waals surface area (Å²) in [5.41, 5.74) is 14.5. The van der Waals surface area contributed by atoms with Crippen molar-refractivity contribution < 1.29 is 9.85 Å². The van der Waals surface area contributed by atoms with Crippen LogP contribution in [0.25, 0.3) is 59.7 Å². The average Bonchev–Trinajstić information content (AvgIpc) is 3.62. The number of nitro groups is 2. The van der Waals surface area contributed by atoms with E-state index in [1.807, 2.05) is 24.3 Å². The summed E-state index contributed by atoms with van der Waals surface area (Å²) in [4.78, 5) is 21.3. The summed E-state index contributed by atoms with van der Waals surface area (Å²) < 4.78 is 0. The van der Waals surface area contributed by atoms with Crippen molar-refractivity contribution in [2.24, 2.45) is 0 Å². The van der Waals surface area contributed by atoms with Crippen LogP contribution in [0, 0.1) is 20.2 Å². The van der Waals surface area contributed by atoms with Crippen LogP contribution in [0.3, 0.4) is 0 Å². The molecule has 0 saturated heterocycles. The highest BCUT2D eigenvalue weighted by Crippen LogP contribution is 2.55. The Morgan fingerprint density at radius 1 is 0.358 bits per heavy atom. The van der Waals surface area contributed by atoms with E-state index in [0.717, 1.165) is 46.2 Å². The van der Waals surface area contributed by atoms with E-state index in [1.165, 1.54) is 135 Å². The van der Waals surface area contributed by atoms with Crippen molar-refractivity contribution in [3.63, 3.8) is 0 Å². The van der Waals surface area contributed by atoms with Crippen LogP contribution in [-0.2, 0) is 5.41 Å². The van der Waals surface area contributed by atoms with E-state index in [9.17, 15) is 20.2 Å². The second kappa shape index (κ2) is 24.0. The molecule has 1 aliphatic carbocycles. The van der Waals surface area contributed by atoms with Crippen molar-refractivity contribution in [2.75, 3.05) is 0 Å². The third-order valence-electron chi connectivity index (χ3n) is 13.3. The van der Waals surface area contributed by atoms with Crippen LogP contribution in [0.5, 0.6) is 0 Å². The SMILES string of the molecule is CCCCCCCCC1(CCCCCCCC)c2cc(/C=C/c3ccc(/C=C/c4ccc([N+](=O)[O-])cc4)cc3)ccc2-c2ccc(/C=C/c3ccc(/C=C/c4ccc([N+](=O)[O-])cc4)cc3)cc21. The molecule has 0 atom stereocenters. The minimum absolute atomic E-state index is 0.0524. The van der Waals surface area contributed by atoms with Gasteiger partial charge >= 0.3 is 0 Å². The Hall–Kier alpha value is -6.92. The van der Waals surface area contributed by atoms with Crippen LogP contribution in [0.2, 0.25) is 0 Å². The van der Waals surface area contributed by atoms with Crippen LogP contribution in [0.15, 0.2) is 133 Å². The summed E-state index contributed by atoms with van der Waals surface area (Å²) in [6.45, 7) is 4.58. The first-order valence-corrected chi connectivity index (χ1v) is 24.5. The van der Waals surface area contributed by atoms with E-state index in [2.05, 4.69) is 123 Å². The molecule has 7 rings (SSSR count). The highest BCUT2D eigenvalue weighted by atomic mass is 16.6. The third kappa shape index (κ3) is 13.1. The Morgan fingerprint density at radius 3 is 0.910 bits per heavy atom. The van der Waals surface area contributed by atoms with Crippen LogP contribution in [0.4, 0.5) is 11.4 Å². The highest BCUT2D eigenvalue weighted by molar-refractivity contribution is 5.85. The maximum atomic E-state index is 11.0. The zero-order valence-corrected chi connectivity index (χ0v) is 39.2. The molecule has 6 aromatic carbocycles. The molecule has 0 heterocycles. The number of rotatable bonds is 24. The molecule has 6 heteroatoms. The van der Waals surface area contributed by atoms with Gasteiger partial charge in [-0.1, -0.05) is 224 Å². The van der Waals surface area contributed by atoms with Crippen LogP contribution < -0.4 is 0 Å². The second-order valence-electron chi connectivity index (χ2n) is 18.1. The molecule has 0 amide bonds. The van der Waals surface area contributed by atoms with Gasteiger partial charge in [-0.05, 0) is 104 Å². The maximum Gasteiger partial charge on any atom is 0.269 e. The van der Waals surface area contributed by atoms with Crippen LogP contribution in [0.1, 0.15) is 159 Å². The Balaban J connectivity index is 1.13. The zero-order chi connectivity index (χ0) is 46.9. The number of benzene rings is 6. The van der Waals surface area contributed by atoms with Gasteiger partial charge in [-0.15, -0.1) is 0 Å². The Kier molecular flexibility index (Phi) is 17.2. The van der Waals surface area contributed by atoms with Gasteiger partial charge in [-0.25, -0.2) is 0 Å². The van der Waals surface area contributed by atoms with E-state index in [-0.39, 0.29) is 26.6 Å². The highest BCUT2D eigenvalue weighted by Gasteiger charge is 2.42. The predicted molar refractivity (Wildman–Crippen MR) is 283 cm³/mol. The Bertz CT molecular complexity index is 2500. The van der Waals surface area contributed by atoms with Crippen molar-refractivity contribution in [2.45, 2.75) is 109 Å². The van der Waals surface area contributed by atoms with Gasteiger partial charge in [0, 0.05) is 29.7 Å². The summed E-state index contributed by atoms with van der Waals surface area (Å²) in [5, 5.41) is 22.1. The molecule has 0 spiro atoms. The normalized spacial score (nSPS) is 13.0. The van der Waals surface area contributed by atoms with E-state index in [1.54, 1.807) is 24.3 Å². The Labute approximate surface area is 397 Å². The number of fused-ring (bicyclic) bond motifs is 3. The third-order valence-corrected chi connectivity index (χ3v) is 13.3. The van der Waals surface area contributed by atoms with E-state index >= 15 is 0 Å². The molecule has 0 radical (unpaired) electrons. The van der Waals surface area contributed by atoms with Gasteiger partial charge in [0.2, 0.25) is 0 Å². The van der Waals surface area contributed by atoms with Crippen LogP contribution in [-0.4, -0.2) is 9.85 Å². The topological polar surface area (TPSA) is 86.3 Å². The van der Waals surface area contributed by atoms with Gasteiger partial charge in [-0.2, -0.15) is 0 Å². The summed E-state index contributed by atoms with van der Waals surface area (Å²) in [6.07, 6.45) is 34.6. The monoisotopic (exact) mass is 888 g/mol. The molecule has 342 valence electrons. The fraction of sp³-hybridized carbons (Fsp3) is 0.279. The molecule has 0 aromatic heterocycles. The summed E-state index contributed by atoms with van der Waals surface area (Å²) in [6, 6.07) is 44.5. The molecule has 67 heavy (non-hydrogen) atoms. The lowest BCUT2D eigenvalue weighted by Crippen LogP contribution is -2.25. The van der Waals surface area contributed by atoms with Crippen molar-refractivity contribution >= 4 is 60.0 Å². The fourth-order valence-corrected chi connectivity index (χ4v) is 9.44. The fourth-order valence-electron chi connectivity index (χ4n) is 9.44. The molecule has 6 nitrogen and oxygen atoms in total. The van der Waals surface area contributed by atoms with Gasteiger partial charge in [-0.3, -0.25) is 20.2 Å². The van der Waals surface area contributed by atoms with Crippen molar-refractivity contribution in [3.8, 4) is 11.1 Å². The van der Waals surface area contributed by atoms with Gasteiger partial charge in [0.1, 0.15) is 0 Å². The van der Waals surface area contributed by atoms with E-state index < -0.39 is 0 Å². The minimum atomic E-state index is -0.376. The first-order chi connectivity index (χ1) is 32.7. The van der Waals surface area contributed by atoms with Gasteiger partial charge < -0.3 is 0 Å². The van der Waals surface area contributed by atoms with Gasteiger partial charge in [0.15, 0.2) is 0 Å². The van der Waals surface area contributed by atoms with Crippen molar-refractivity contribution in [3.05, 3.63) is 209 Å². The lowest BCUT2D eigenvalue weighted by Gasteiger charge is -2.33. The number of non-ortho nitro benzene ring substituents is 2. The molecule has 0 unspecified atom stereocenters. The number of hydrogen-bond acceptors (Lipinski definition) is 4. The van der Waals surface area contributed by atoms with E-state index in [4.69, 9.17) is 0 Å². The number of hydrogen-bond donors (Lipinski definition) is 0.